The molecule has 0 radical (unpaired) electrons. The van der Waals surface area contributed by atoms with Gasteiger partial charge in [-0.3, -0.25) is 14.9 Å². The predicted molar refractivity (Wildman–Crippen MR) is 89.4 cm³/mol. The van der Waals surface area contributed by atoms with Crippen LogP contribution in [0.25, 0.3) is 22.9 Å². The van der Waals surface area contributed by atoms with Crippen molar-refractivity contribution in [3.63, 3.8) is 0 Å². The zero-order chi connectivity index (χ0) is 17.1. The molecule has 0 aliphatic carbocycles. The second-order valence-electron chi connectivity index (χ2n) is 5.32. The highest BCUT2D eigenvalue weighted by atomic mass is 16.3. The second-order valence-corrected chi connectivity index (χ2v) is 5.32. The van der Waals surface area contributed by atoms with Crippen molar-refractivity contribution in [2.24, 2.45) is 0 Å². The number of hydrogen-bond donors (Lipinski definition) is 2. The number of aromatic amines is 1. The molecule has 0 aliphatic rings. The Labute approximate surface area is 142 Å². The number of hydrogen-bond acceptors (Lipinski definition) is 5. The average Bonchev–Trinajstić information content (AvgIpc) is 3.41. The van der Waals surface area contributed by atoms with Crippen LogP contribution >= 0.6 is 0 Å². The van der Waals surface area contributed by atoms with Crippen molar-refractivity contribution in [3.8, 4) is 22.9 Å². The minimum absolute atomic E-state index is 0.287. The Bertz CT molecular complexity index is 972. The lowest BCUT2D eigenvalue weighted by molar-refractivity contribution is 0.0946. The molecule has 0 fully saturated rings. The molecule has 0 unspecified atom stereocenters. The summed E-state index contributed by atoms with van der Waals surface area (Å²) in [5.41, 5.74) is 2.49. The molecule has 4 heterocycles. The number of H-pyrrole nitrogens is 1. The van der Waals surface area contributed by atoms with Crippen LogP contribution in [-0.2, 0) is 6.54 Å². The number of aromatic nitrogens is 3. The van der Waals surface area contributed by atoms with E-state index >= 15 is 0 Å². The number of furan rings is 2. The van der Waals surface area contributed by atoms with Crippen molar-refractivity contribution < 1.29 is 13.6 Å². The van der Waals surface area contributed by atoms with Crippen LogP contribution in [0, 0.1) is 0 Å². The molecule has 124 valence electrons. The van der Waals surface area contributed by atoms with Crippen LogP contribution in [0.5, 0.6) is 0 Å². The Kier molecular flexibility index (Phi) is 3.88. The number of carbonyl (C=O) groups excluding carboxylic acids is 1. The number of carbonyl (C=O) groups is 1. The van der Waals surface area contributed by atoms with Crippen LogP contribution in [0.2, 0.25) is 0 Å². The molecule has 0 aromatic carbocycles. The minimum atomic E-state index is -0.289. The van der Waals surface area contributed by atoms with Crippen LogP contribution in [0.15, 0.2) is 70.0 Å². The van der Waals surface area contributed by atoms with E-state index in [4.69, 9.17) is 8.83 Å². The Morgan fingerprint density at radius 1 is 1.08 bits per heavy atom. The van der Waals surface area contributed by atoms with E-state index in [9.17, 15) is 4.79 Å². The first-order valence-corrected chi connectivity index (χ1v) is 7.66. The van der Waals surface area contributed by atoms with Gasteiger partial charge in [0.05, 0.1) is 12.5 Å². The smallest absolute Gasteiger partial charge is 0.272 e. The van der Waals surface area contributed by atoms with E-state index in [1.165, 1.54) is 0 Å². The zero-order valence-electron chi connectivity index (χ0n) is 13.1. The number of nitrogens with zero attached hydrogens (tertiary/aromatic N) is 2. The van der Waals surface area contributed by atoms with Gasteiger partial charge in [0.15, 0.2) is 17.2 Å². The van der Waals surface area contributed by atoms with Crippen molar-refractivity contribution in [2.75, 3.05) is 0 Å². The highest BCUT2D eigenvalue weighted by Crippen LogP contribution is 2.21. The predicted octanol–water partition coefficient (Wildman–Crippen LogP) is 3.25. The summed E-state index contributed by atoms with van der Waals surface area (Å²) in [7, 11) is 0. The fourth-order valence-corrected chi connectivity index (χ4v) is 2.48. The van der Waals surface area contributed by atoms with Gasteiger partial charge in [-0.2, -0.15) is 5.10 Å². The molecular formula is C18H14N4O3. The van der Waals surface area contributed by atoms with E-state index in [0.29, 0.717) is 29.5 Å². The lowest BCUT2D eigenvalue weighted by atomic mass is 10.1. The summed E-state index contributed by atoms with van der Waals surface area (Å²) >= 11 is 0. The van der Waals surface area contributed by atoms with Gasteiger partial charge in [0.2, 0.25) is 0 Å². The molecule has 4 aromatic heterocycles. The van der Waals surface area contributed by atoms with Crippen LogP contribution in [-0.4, -0.2) is 21.1 Å². The number of rotatable bonds is 5. The molecule has 0 bridgehead atoms. The molecule has 4 aromatic rings. The molecule has 1 amide bonds. The van der Waals surface area contributed by atoms with Crippen molar-refractivity contribution >= 4 is 5.91 Å². The summed E-state index contributed by atoms with van der Waals surface area (Å²) < 4.78 is 10.7. The molecule has 4 rings (SSSR count). The van der Waals surface area contributed by atoms with E-state index in [1.54, 1.807) is 43.0 Å². The summed E-state index contributed by atoms with van der Waals surface area (Å²) in [6, 6.07) is 12.5. The summed E-state index contributed by atoms with van der Waals surface area (Å²) in [5.74, 6) is 0.993. The Balaban J connectivity index is 1.48. The average molecular weight is 334 g/mol. The molecule has 0 saturated carbocycles. The van der Waals surface area contributed by atoms with Gasteiger partial charge in [-0.25, -0.2) is 0 Å². The molecule has 0 atom stereocenters. The third kappa shape index (κ3) is 3.07. The lowest BCUT2D eigenvalue weighted by Gasteiger charge is -2.07. The highest BCUT2D eigenvalue weighted by Gasteiger charge is 2.14. The molecule has 0 saturated heterocycles. The third-order valence-electron chi connectivity index (χ3n) is 3.68. The monoisotopic (exact) mass is 334 g/mol. The SMILES string of the molecule is O=C(NCc1cccnc1-c1ccco1)c1cc(-c2ccco2)[nH]n1. The topological polar surface area (TPSA) is 97.0 Å². The lowest BCUT2D eigenvalue weighted by Crippen LogP contribution is -2.23. The fraction of sp³-hybridized carbons (Fsp3) is 0.0556. The van der Waals surface area contributed by atoms with Gasteiger partial charge in [-0.1, -0.05) is 6.07 Å². The first-order valence-electron chi connectivity index (χ1n) is 7.66. The van der Waals surface area contributed by atoms with Gasteiger partial charge in [-0.05, 0) is 30.3 Å². The van der Waals surface area contributed by atoms with Crippen molar-refractivity contribution in [1.29, 1.82) is 0 Å². The van der Waals surface area contributed by atoms with Crippen molar-refractivity contribution in [3.05, 3.63) is 72.4 Å². The minimum Gasteiger partial charge on any atom is -0.463 e. The van der Waals surface area contributed by atoms with Crippen LogP contribution in [0.1, 0.15) is 16.1 Å². The van der Waals surface area contributed by atoms with Gasteiger partial charge in [0.1, 0.15) is 11.4 Å². The van der Waals surface area contributed by atoms with Crippen LogP contribution in [0.3, 0.4) is 0 Å². The number of pyridine rings is 1. The molecule has 0 spiro atoms. The van der Waals surface area contributed by atoms with Gasteiger partial charge in [0.25, 0.3) is 5.91 Å². The largest absolute Gasteiger partial charge is 0.463 e. The quantitative estimate of drug-likeness (QED) is 0.584. The molecule has 7 heteroatoms. The summed E-state index contributed by atoms with van der Waals surface area (Å²) in [6.07, 6.45) is 4.84. The number of amides is 1. The fourth-order valence-electron chi connectivity index (χ4n) is 2.48. The van der Waals surface area contributed by atoms with E-state index in [0.717, 1.165) is 5.56 Å². The van der Waals surface area contributed by atoms with Gasteiger partial charge < -0.3 is 14.2 Å². The second kappa shape index (κ2) is 6.48. The van der Waals surface area contributed by atoms with E-state index in [2.05, 4.69) is 20.5 Å². The first kappa shape index (κ1) is 14.9. The Morgan fingerprint density at radius 2 is 1.88 bits per heavy atom. The number of nitrogens with one attached hydrogen (secondary N) is 2. The third-order valence-corrected chi connectivity index (χ3v) is 3.68. The highest BCUT2D eigenvalue weighted by molar-refractivity contribution is 5.93. The molecule has 0 aliphatic heterocycles. The maximum Gasteiger partial charge on any atom is 0.272 e. The standard InChI is InChI=1S/C18H14N4O3/c23-18(14-10-13(21-22-14)15-5-2-8-24-15)20-11-12-4-1-7-19-17(12)16-6-3-9-25-16/h1-10H,11H2,(H,20,23)(H,21,22). The summed E-state index contributed by atoms with van der Waals surface area (Å²) in [4.78, 5) is 16.7. The molecule has 2 N–H and O–H groups in total. The molecular weight excluding hydrogens is 320 g/mol. The molecule has 25 heavy (non-hydrogen) atoms. The maximum absolute atomic E-state index is 12.3. The van der Waals surface area contributed by atoms with Gasteiger partial charge in [0, 0.05) is 24.4 Å². The van der Waals surface area contributed by atoms with Gasteiger partial charge >= 0.3 is 0 Å². The first-order chi connectivity index (χ1) is 12.3. The van der Waals surface area contributed by atoms with E-state index in [-0.39, 0.29) is 11.6 Å². The van der Waals surface area contributed by atoms with Crippen LogP contribution in [0.4, 0.5) is 0 Å². The van der Waals surface area contributed by atoms with E-state index < -0.39 is 0 Å². The van der Waals surface area contributed by atoms with Crippen molar-refractivity contribution in [1.82, 2.24) is 20.5 Å². The van der Waals surface area contributed by atoms with Crippen molar-refractivity contribution in [2.45, 2.75) is 6.54 Å². The van der Waals surface area contributed by atoms with E-state index in [1.807, 2.05) is 18.2 Å². The maximum atomic E-state index is 12.3. The normalized spacial score (nSPS) is 10.7. The molecule has 7 nitrogen and oxygen atoms in total. The summed E-state index contributed by atoms with van der Waals surface area (Å²) in [5, 5.41) is 9.66. The Hall–Kier alpha value is -3.61. The summed E-state index contributed by atoms with van der Waals surface area (Å²) in [6.45, 7) is 0.311. The Morgan fingerprint density at radius 3 is 2.64 bits per heavy atom. The van der Waals surface area contributed by atoms with Crippen LogP contribution < -0.4 is 5.32 Å². The zero-order valence-corrected chi connectivity index (χ0v) is 13.1. The van der Waals surface area contributed by atoms with Gasteiger partial charge in [-0.15, -0.1) is 0 Å².